The number of aromatic nitrogens is 3. The summed E-state index contributed by atoms with van der Waals surface area (Å²) in [5.41, 5.74) is 2.32. The van der Waals surface area contributed by atoms with Gasteiger partial charge in [-0.1, -0.05) is 17.7 Å². The fourth-order valence-electron chi connectivity index (χ4n) is 2.82. The Morgan fingerprint density at radius 1 is 1.19 bits per heavy atom. The number of hydrogen-bond donors (Lipinski definition) is 1. The van der Waals surface area contributed by atoms with Gasteiger partial charge < -0.3 is 10.1 Å². The molecule has 3 aromatic rings. The molecule has 3 heterocycles. The number of carbonyl (C=O) groups is 1. The van der Waals surface area contributed by atoms with Gasteiger partial charge in [-0.25, -0.2) is 19.7 Å². The van der Waals surface area contributed by atoms with E-state index in [1.807, 2.05) is 31.2 Å². The van der Waals surface area contributed by atoms with Crippen molar-refractivity contribution in [1.82, 2.24) is 15.0 Å². The highest BCUT2D eigenvalue weighted by molar-refractivity contribution is 6.30. The smallest absolute Gasteiger partial charge is 0.415 e. The number of pyridine rings is 1. The maximum atomic E-state index is 11.9. The summed E-state index contributed by atoms with van der Waals surface area (Å²) in [4.78, 5) is 26.6. The van der Waals surface area contributed by atoms with Gasteiger partial charge in [-0.2, -0.15) is 0 Å². The molecule has 0 spiro atoms. The van der Waals surface area contributed by atoms with Crippen molar-refractivity contribution in [2.45, 2.75) is 13.0 Å². The van der Waals surface area contributed by atoms with Crippen LogP contribution in [0.15, 0.2) is 54.9 Å². The quantitative estimate of drug-likeness (QED) is 0.726. The zero-order valence-corrected chi connectivity index (χ0v) is 15.2. The molecule has 1 aliphatic rings. The van der Waals surface area contributed by atoms with Crippen LogP contribution in [0.3, 0.4) is 0 Å². The van der Waals surface area contributed by atoms with Crippen molar-refractivity contribution in [3.63, 3.8) is 0 Å². The molecule has 0 bridgehead atoms. The van der Waals surface area contributed by atoms with Crippen LogP contribution in [0.25, 0.3) is 11.3 Å². The topological polar surface area (TPSA) is 80.2 Å². The number of halogens is 1. The number of amides is 1. The predicted octanol–water partition coefficient (Wildman–Crippen LogP) is 4.28. The lowest BCUT2D eigenvalue weighted by Crippen LogP contribution is -2.31. The first kappa shape index (κ1) is 17.2. The van der Waals surface area contributed by atoms with Gasteiger partial charge >= 0.3 is 6.09 Å². The zero-order valence-electron chi connectivity index (χ0n) is 14.5. The van der Waals surface area contributed by atoms with Crippen LogP contribution in [-0.4, -0.2) is 33.7 Å². The van der Waals surface area contributed by atoms with Crippen molar-refractivity contribution in [1.29, 1.82) is 0 Å². The SMILES string of the molecule is C[C@H]1COC(=O)N1c1cc(-c2ccnc(Nc3cccc(Cl)c3)n2)ccn1. The molecule has 1 atom stereocenters. The second-order valence-electron chi connectivity index (χ2n) is 6.10. The van der Waals surface area contributed by atoms with Crippen LogP contribution in [0.2, 0.25) is 5.02 Å². The van der Waals surface area contributed by atoms with Crippen LogP contribution in [0, 0.1) is 0 Å². The number of anilines is 3. The van der Waals surface area contributed by atoms with Gasteiger partial charge in [0.1, 0.15) is 12.4 Å². The Morgan fingerprint density at radius 2 is 2.04 bits per heavy atom. The molecule has 1 aromatic carbocycles. The first-order valence-corrected chi connectivity index (χ1v) is 8.76. The number of hydrogen-bond acceptors (Lipinski definition) is 6. The molecule has 0 aliphatic carbocycles. The lowest BCUT2D eigenvalue weighted by atomic mass is 10.2. The number of benzene rings is 1. The highest BCUT2D eigenvalue weighted by Crippen LogP contribution is 2.26. The molecule has 1 N–H and O–H groups in total. The molecular weight excluding hydrogens is 366 g/mol. The summed E-state index contributed by atoms with van der Waals surface area (Å²) < 4.78 is 5.07. The van der Waals surface area contributed by atoms with E-state index in [0.717, 1.165) is 11.3 Å². The number of nitrogens with zero attached hydrogens (tertiary/aromatic N) is 4. The fourth-order valence-corrected chi connectivity index (χ4v) is 3.01. The lowest BCUT2D eigenvalue weighted by molar-refractivity contribution is 0.179. The van der Waals surface area contributed by atoms with Gasteiger partial charge in [0, 0.05) is 28.7 Å². The van der Waals surface area contributed by atoms with E-state index in [-0.39, 0.29) is 6.04 Å². The standard InChI is InChI=1S/C19H16ClN5O2/c1-12-11-27-19(26)25(12)17-9-13(5-7-21-17)16-6-8-22-18(24-16)23-15-4-2-3-14(20)10-15/h2-10,12H,11H2,1H3,(H,22,23,24)/t12-/m0/s1. The van der Waals surface area contributed by atoms with Gasteiger partial charge in [-0.05, 0) is 43.3 Å². The average molecular weight is 382 g/mol. The Labute approximate surface area is 161 Å². The highest BCUT2D eigenvalue weighted by Gasteiger charge is 2.31. The summed E-state index contributed by atoms with van der Waals surface area (Å²) in [6.07, 6.45) is 2.93. The molecule has 1 aliphatic heterocycles. The molecule has 0 saturated carbocycles. The predicted molar refractivity (Wildman–Crippen MR) is 103 cm³/mol. The molecule has 0 radical (unpaired) electrons. The van der Waals surface area contributed by atoms with Gasteiger partial charge in [-0.3, -0.25) is 4.90 Å². The minimum absolute atomic E-state index is 0.0642. The van der Waals surface area contributed by atoms with E-state index in [2.05, 4.69) is 20.3 Å². The van der Waals surface area contributed by atoms with Gasteiger partial charge in [0.2, 0.25) is 5.95 Å². The molecule has 2 aromatic heterocycles. The minimum Gasteiger partial charge on any atom is -0.447 e. The number of rotatable bonds is 4. The first-order chi connectivity index (χ1) is 13.1. The summed E-state index contributed by atoms with van der Waals surface area (Å²) in [5, 5.41) is 3.76. The van der Waals surface area contributed by atoms with E-state index >= 15 is 0 Å². The van der Waals surface area contributed by atoms with Gasteiger partial charge in [0.25, 0.3) is 0 Å². The molecule has 1 amide bonds. The zero-order chi connectivity index (χ0) is 18.8. The van der Waals surface area contributed by atoms with Gasteiger partial charge in [0.15, 0.2) is 0 Å². The molecule has 1 fully saturated rings. The summed E-state index contributed by atoms with van der Waals surface area (Å²) in [5.74, 6) is 0.979. The van der Waals surface area contributed by atoms with Crippen molar-refractivity contribution in [3.8, 4) is 11.3 Å². The minimum atomic E-state index is -0.391. The van der Waals surface area contributed by atoms with E-state index in [1.54, 1.807) is 30.6 Å². The van der Waals surface area contributed by atoms with Crippen LogP contribution in [0.5, 0.6) is 0 Å². The van der Waals surface area contributed by atoms with Crippen molar-refractivity contribution < 1.29 is 9.53 Å². The average Bonchev–Trinajstić information content (AvgIpc) is 3.00. The van der Waals surface area contributed by atoms with E-state index < -0.39 is 6.09 Å². The van der Waals surface area contributed by atoms with Crippen LogP contribution in [-0.2, 0) is 4.74 Å². The largest absolute Gasteiger partial charge is 0.447 e. The number of nitrogens with one attached hydrogen (secondary N) is 1. The lowest BCUT2D eigenvalue weighted by Gasteiger charge is -2.17. The molecule has 27 heavy (non-hydrogen) atoms. The third-order valence-corrected chi connectivity index (χ3v) is 4.35. The second-order valence-corrected chi connectivity index (χ2v) is 6.54. The van der Waals surface area contributed by atoms with E-state index in [9.17, 15) is 4.79 Å². The Kier molecular flexibility index (Phi) is 4.60. The maximum Gasteiger partial charge on any atom is 0.415 e. The van der Waals surface area contributed by atoms with E-state index in [1.165, 1.54) is 4.90 Å². The third kappa shape index (κ3) is 3.68. The third-order valence-electron chi connectivity index (χ3n) is 4.11. The monoisotopic (exact) mass is 381 g/mol. The number of cyclic esters (lactones) is 1. The Morgan fingerprint density at radius 3 is 2.81 bits per heavy atom. The van der Waals surface area contributed by atoms with Crippen LogP contribution < -0.4 is 10.2 Å². The van der Waals surface area contributed by atoms with E-state index in [4.69, 9.17) is 16.3 Å². The Balaban J connectivity index is 1.62. The van der Waals surface area contributed by atoms with Crippen LogP contribution in [0.1, 0.15) is 6.92 Å². The Bertz CT molecular complexity index is 997. The van der Waals surface area contributed by atoms with Gasteiger partial charge in [-0.15, -0.1) is 0 Å². The molecule has 4 rings (SSSR count). The van der Waals surface area contributed by atoms with Crippen LogP contribution >= 0.6 is 11.6 Å². The second kappa shape index (κ2) is 7.20. The van der Waals surface area contributed by atoms with Crippen molar-refractivity contribution >= 4 is 35.1 Å². The van der Waals surface area contributed by atoms with Crippen LogP contribution in [0.4, 0.5) is 22.2 Å². The highest BCUT2D eigenvalue weighted by atomic mass is 35.5. The first-order valence-electron chi connectivity index (χ1n) is 8.38. The van der Waals surface area contributed by atoms with Crippen molar-refractivity contribution in [2.24, 2.45) is 0 Å². The molecular formula is C19H16ClN5O2. The van der Waals surface area contributed by atoms with Gasteiger partial charge in [0.05, 0.1) is 11.7 Å². The maximum absolute atomic E-state index is 11.9. The summed E-state index contributed by atoms with van der Waals surface area (Å²) in [6.45, 7) is 2.27. The number of carbonyl (C=O) groups excluding carboxylic acids is 1. The summed E-state index contributed by atoms with van der Waals surface area (Å²) in [6, 6.07) is 12.7. The number of ether oxygens (including phenoxy) is 1. The molecule has 0 unspecified atom stereocenters. The van der Waals surface area contributed by atoms with Crippen molar-refractivity contribution in [2.75, 3.05) is 16.8 Å². The Hall–Kier alpha value is -3.19. The molecule has 7 nitrogen and oxygen atoms in total. The summed E-state index contributed by atoms with van der Waals surface area (Å²) in [7, 11) is 0. The summed E-state index contributed by atoms with van der Waals surface area (Å²) >= 11 is 6.01. The fraction of sp³-hybridized carbons (Fsp3) is 0.158. The molecule has 136 valence electrons. The normalized spacial score (nSPS) is 16.3. The molecule has 8 heteroatoms. The molecule has 1 saturated heterocycles. The van der Waals surface area contributed by atoms with E-state index in [0.29, 0.717) is 29.1 Å². The van der Waals surface area contributed by atoms with Crippen molar-refractivity contribution in [3.05, 3.63) is 59.9 Å².